The van der Waals surface area contributed by atoms with Crippen LogP contribution in [-0.4, -0.2) is 37.4 Å². The van der Waals surface area contributed by atoms with Crippen LogP contribution < -0.4 is 15.4 Å². The number of hydrogen-bond acceptors (Lipinski definition) is 4. The van der Waals surface area contributed by atoms with E-state index in [0.717, 1.165) is 24.8 Å². The smallest absolute Gasteiger partial charge is 0.319 e. The molecule has 2 amide bonds. The van der Waals surface area contributed by atoms with Gasteiger partial charge in [0, 0.05) is 33.7 Å². The molecule has 1 heterocycles. The third-order valence-electron chi connectivity index (χ3n) is 6.29. The highest BCUT2D eigenvalue weighted by Gasteiger charge is 2.28. The van der Waals surface area contributed by atoms with Crippen LogP contribution in [0.25, 0.3) is 0 Å². The predicted molar refractivity (Wildman–Crippen MR) is 157 cm³/mol. The molecule has 3 aromatic carbocycles. The van der Waals surface area contributed by atoms with Crippen LogP contribution in [0.15, 0.2) is 65.6 Å². The van der Waals surface area contributed by atoms with Crippen LogP contribution in [0.3, 0.4) is 0 Å². The first-order chi connectivity index (χ1) is 18.4. The number of carbonyl (C=O) groups excluding carboxylic acids is 1. The largest absolute Gasteiger partial charge is 0.455 e. The molecule has 0 spiro atoms. The van der Waals surface area contributed by atoms with Gasteiger partial charge >= 0.3 is 6.03 Å². The lowest BCUT2D eigenvalue weighted by molar-refractivity contribution is 0.241. The van der Waals surface area contributed by atoms with Crippen molar-refractivity contribution in [3.63, 3.8) is 0 Å². The molecule has 39 heavy (non-hydrogen) atoms. The molecule has 1 aliphatic rings. The first-order valence-corrected chi connectivity index (χ1v) is 15.1. The van der Waals surface area contributed by atoms with Crippen LogP contribution in [0.2, 0.25) is 15.1 Å². The normalized spacial score (nSPS) is 14.6. The minimum atomic E-state index is -3.74. The van der Waals surface area contributed by atoms with Gasteiger partial charge in [0.25, 0.3) is 0 Å². The topological polar surface area (TPSA) is 87.7 Å². The highest BCUT2D eigenvalue weighted by Crippen LogP contribution is 2.34. The number of nitrogens with zero attached hydrogens (tertiary/aromatic N) is 1. The summed E-state index contributed by atoms with van der Waals surface area (Å²) in [5.74, 6) is 0.760. The summed E-state index contributed by atoms with van der Waals surface area (Å²) in [5.41, 5.74) is 0.338. The molecule has 1 fully saturated rings. The molecule has 1 aliphatic heterocycles. The van der Waals surface area contributed by atoms with Crippen LogP contribution in [0, 0.1) is 0 Å². The van der Waals surface area contributed by atoms with Gasteiger partial charge < -0.3 is 15.4 Å². The van der Waals surface area contributed by atoms with E-state index in [0.29, 0.717) is 40.3 Å². The number of sulfonamides is 1. The first-order valence-electron chi connectivity index (χ1n) is 12.5. The van der Waals surface area contributed by atoms with Crippen molar-refractivity contribution in [3.8, 4) is 11.5 Å². The zero-order valence-electron chi connectivity index (χ0n) is 21.6. The van der Waals surface area contributed by atoms with Crippen molar-refractivity contribution in [3.05, 3.63) is 81.3 Å². The summed E-state index contributed by atoms with van der Waals surface area (Å²) in [5, 5.41) is 7.31. The maximum Gasteiger partial charge on any atom is 0.319 e. The summed E-state index contributed by atoms with van der Waals surface area (Å²) in [6.45, 7) is 4.66. The molecule has 7 nitrogen and oxygen atoms in total. The quantitative estimate of drug-likeness (QED) is 0.273. The number of benzene rings is 3. The fourth-order valence-electron chi connectivity index (χ4n) is 4.39. The van der Waals surface area contributed by atoms with Crippen LogP contribution in [0.4, 0.5) is 10.5 Å². The van der Waals surface area contributed by atoms with Crippen LogP contribution in [0.1, 0.15) is 38.7 Å². The first kappa shape index (κ1) is 29.5. The summed E-state index contributed by atoms with van der Waals surface area (Å²) < 4.78 is 34.2. The van der Waals surface area contributed by atoms with Crippen molar-refractivity contribution in [1.29, 1.82) is 0 Å². The maximum atomic E-state index is 13.3. The highest BCUT2D eigenvalue weighted by molar-refractivity contribution is 7.89. The average molecular weight is 611 g/mol. The van der Waals surface area contributed by atoms with Crippen LogP contribution >= 0.6 is 34.8 Å². The number of ether oxygens (including phenoxy) is 1. The fraction of sp³-hybridized carbons (Fsp3) is 0.321. The number of nitrogens with one attached hydrogen (secondary N) is 2. The highest BCUT2D eigenvalue weighted by atomic mass is 35.5. The molecule has 0 aromatic heterocycles. The molecule has 3 aromatic rings. The van der Waals surface area contributed by atoms with E-state index < -0.39 is 21.6 Å². The second-order valence-corrected chi connectivity index (χ2v) is 13.3. The van der Waals surface area contributed by atoms with Gasteiger partial charge in [-0.3, -0.25) is 0 Å². The van der Waals surface area contributed by atoms with Gasteiger partial charge in [-0.25, -0.2) is 13.2 Å². The standard InChI is InChI=1S/C28H30Cl3N3O4S/c1-28(2,18-19-6-7-21(30)16-24(19)31)33-27(35)32-25-17-23(39(36,37)34-14-4-3-5-15-34)12-13-26(25)38-22-10-8-20(29)9-11-22/h6-13,16-17H,3-5,14-15,18H2,1-2H3,(H2,32,33,35). The molecule has 0 saturated carbocycles. The summed E-state index contributed by atoms with van der Waals surface area (Å²) in [7, 11) is -3.74. The van der Waals surface area contributed by atoms with Gasteiger partial charge in [-0.1, -0.05) is 47.3 Å². The lowest BCUT2D eigenvalue weighted by atomic mass is 9.95. The van der Waals surface area contributed by atoms with E-state index in [4.69, 9.17) is 39.5 Å². The number of urea groups is 1. The molecule has 0 unspecified atom stereocenters. The molecule has 4 rings (SSSR count). The van der Waals surface area contributed by atoms with E-state index in [9.17, 15) is 13.2 Å². The third kappa shape index (κ3) is 7.80. The van der Waals surface area contributed by atoms with E-state index in [1.165, 1.54) is 16.4 Å². The zero-order chi connectivity index (χ0) is 28.2. The molecular weight excluding hydrogens is 581 g/mol. The van der Waals surface area contributed by atoms with Crippen LogP contribution in [0.5, 0.6) is 11.5 Å². The maximum absolute atomic E-state index is 13.3. The van der Waals surface area contributed by atoms with E-state index in [1.54, 1.807) is 42.5 Å². The minimum absolute atomic E-state index is 0.0790. The van der Waals surface area contributed by atoms with E-state index in [-0.39, 0.29) is 16.3 Å². The zero-order valence-corrected chi connectivity index (χ0v) is 24.7. The fourth-order valence-corrected chi connectivity index (χ4v) is 6.53. The van der Waals surface area contributed by atoms with E-state index in [2.05, 4.69) is 10.6 Å². The second-order valence-electron chi connectivity index (χ2n) is 10.1. The lowest BCUT2D eigenvalue weighted by Crippen LogP contribution is -2.47. The van der Waals surface area contributed by atoms with Crippen molar-refractivity contribution in [1.82, 2.24) is 9.62 Å². The van der Waals surface area contributed by atoms with Crippen LogP contribution in [-0.2, 0) is 16.4 Å². The molecule has 0 aliphatic carbocycles. The summed E-state index contributed by atoms with van der Waals surface area (Å²) in [4.78, 5) is 13.2. The molecule has 0 radical (unpaired) electrons. The summed E-state index contributed by atoms with van der Waals surface area (Å²) in [6, 6.07) is 15.9. The van der Waals surface area contributed by atoms with Crippen molar-refractivity contribution >= 4 is 56.5 Å². The monoisotopic (exact) mass is 609 g/mol. The van der Waals surface area contributed by atoms with Gasteiger partial charge in [0.15, 0.2) is 5.75 Å². The molecule has 208 valence electrons. The summed E-state index contributed by atoms with van der Waals surface area (Å²) in [6.07, 6.45) is 3.08. The molecule has 11 heteroatoms. The Morgan fingerprint density at radius 2 is 1.59 bits per heavy atom. The van der Waals surface area contributed by atoms with Gasteiger partial charge in [0.05, 0.1) is 10.6 Å². The Labute approximate surface area is 244 Å². The van der Waals surface area contributed by atoms with E-state index >= 15 is 0 Å². The number of carbonyl (C=O) groups is 1. The Bertz CT molecular complexity index is 1440. The molecule has 0 bridgehead atoms. The number of halogens is 3. The Morgan fingerprint density at radius 3 is 2.26 bits per heavy atom. The van der Waals surface area contributed by atoms with Crippen molar-refractivity contribution in [2.24, 2.45) is 0 Å². The SMILES string of the molecule is CC(C)(Cc1ccc(Cl)cc1Cl)NC(=O)Nc1cc(S(=O)(=O)N2CCCCC2)ccc1Oc1ccc(Cl)cc1. The Hall–Kier alpha value is -2.49. The molecule has 0 atom stereocenters. The molecule has 2 N–H and O–H groups in total. The van der Waals surface area contributed by atoms with Gasteiger partial charge in [0.1, 0.15) is 5.75 Å². The molecule has 1 saturated heterocycles. The van der Waals surface area contributed by atoms with Gasteiger partial charge in [0.2, 0.25) is 10.0 Å². The third-order valence-corrected chi connectivity index (χ3v) is 9.03. The Kier molecular flexibility index (Phi) is 9.34. The second kappa shape index (κ2) is 12.4. The van der Waals surface area contributed by atoms with Gasteiger partial charge in [-0.05, 0) is 93.3 Å². The van der Waals surface area contributed by atoms with Gasteiger partial charge in [-0.15, -0.1) is 0 Å². The van der Waals surface area contributed by atoms with E-state index in [1.807, 2.05) is 19.9 Å². The Balaban J connectivity index is 1.59. The van der Waals surface area contributed by atoms with Gasteiger partial charge in [-0.2, -0.15) is 4.31 Å². The number of amides is 2. The average Bonchev–Trinajstić information content (AvgIpc) is 2.88. The molecular formula is C28H30Cl3N3O4S. The number of anilines is 1. The van der Waals surface area contributed by atoms with Crippen molar-refractivity contribution in [2.75, 3.05) is 18.4 Å². The van der Waals surface area contributed by atoms with Crippen molar-refractivity contribution < 1.29 is 17.9 Å². The lowest BCUT2D eigenvalue weighted by Gasteiger charge is -2.28. The number of rotatable bonds is 8. The minimum Gasteiger partial charge on any atom is -0.455 e. The predicted octanol–water partition coefficient (Wildman–Crippen LogP) is 7.76. The van der Waals surface area contributed by atoms with Crippen molar-refractivity contribution in [2.45, 2.75) is 50.0 Å². The summed E-state index contributed by atoms with van der Waals surface area (Å²) >= 11 is 18.3. The Morgan fingerprint density at radius 1 is 0.923 bits per heavy atom. The number of hydrogen-bond donors (Lipinski definition) is 2. The number of piperidine rings is 1.